The van der Waals surface area contributed by atoms with Crippen LogP contribution in [0.1, 0.15) is 31.0 Å². The van der Waals surface area contributed by atoms with Gasteiger partial charge >= 0.3 is 0 Å². The smallest absolute Gasteiger partial charge is 0.226 e. The number of nitrogens with zero attached hydrogens (tertiary/aromatic N) is 3. The van der Waals surface area contributed by atoms with Crippen LogP contribution in [0.3, 0.4) is 0 Å². The Labute approximate surface area is 95.5 Å². The Kier molecular flexibility index (Phi) is 3.10. The third kappa shape index (κ3) is 2.07. The van der Waals surface area contributed by atoms with E-state index in [-0.39, 0.29) is 0 Å². The minimum Gasteiger partial charge on any atom is -0.341 e. The summed E-state index contributed by atoms with van der Waals surface area (Å²) in [4.78, 5) is 11.1. The molecule has 0 bridgehead atoms. The Morgan fingerprint density at radius 3 is 2.47 bits per heavy atom. The molecule has 0 aromatic carbocycles. The number of hydrogen-bond donors (Lipinski definition) is 0. The Morgan fingerprint density at radius 2 is 1.93 bits per heavy atom. The van der Waals surface area contributed by atoms with Crippen LogP contribution in [0.5, 0.6) is 0 Å². The number of aromatic nitrogens is 2. The van der Waals surface area contributed by atoms with Crippen molar-refractivity contribution >= 4 is 17.5 Å². The third-order valence-electron chi connectivity index (χ3n) is 2.89. The molecule has 2 heterocycles. The summed E-state index contributed by atoms with van der Waals surface area (Å²) in [6, 6.07) is 0. The number of anilines is 1. The summed E-state index contributed by atoms with van der Waals surface area (Å²) in [6.07, 6.45) is 3.36. The van der Waals surface area contributed by atoms with Gasteiger partial charge in [0.05, 0.1) is 0 Å². The van der Waals surface area contributed by atoms with Gasteiger partial charge in [0.25, 0.3) is 0 Å². The van der Waals surface area contributed by atoms with Crippen molar-refractivity contribution in [3.8, 4) is 0 Å². The molecule has 0 amide bonds. The van der Waals surface area contributed by atoms with E-state index in [0.717, 1.165) is 36.7 Å². The second-order valence-corrected chi connectivity index (χ2v) is 4.28. The average molecular weight is 226 g/mol. The molecule has 1 aliphatic heterocycles. The van der Waals surface area contributed by atoms with Crippen molar-refractivity contribution < 1.29 is 0 Å². The maximum atomic E-state index is 6.14. The highest BCUT2D eigenvalue weighted by molar-refractivity contribution is 6.30. The highest BCUT2D eigenvalue weighted by Gasteiger charge is 2.17. The third-order valence-corrected chi connectivity index (χ3v) is 3.21. The molecule has 0 N–H and O–H groups in total. The summed E-state index contributed by atoms with van der Waals surface area (Å²) < 4.78 is 0. The summed E-state index contributed by atoms with van der Waals surface area (Å²) >= 11 is 6.14. The van der Waals surface area contributed by atoms with Gasteiger partial charge in [0, 0.05) is 24.3 Å². The molecule has 1 aromatic heterocycles. The van der Waals surface area contributed by atoms with Crippen molar-refractivity contribution in [3.05, 3.63) is 16.4 Å². The van der Waals surface area contributed by atoms with E-state index in [1.54, 1.807) is 0 Å². The van der Waals surface area contributed by atoms with Gasteiger partial charge in [0.15, 0.2) is 0 Å². The molecule has 1 saturated heterocycles. The molecule has 1 fully saturated rings. The second kappa shape index (κ2) is 4.35. The molecule has 0 atom stereocenters. The van der Waals surface area contributed by atoms with Crippen LogP contribution in [0.15, 0.2) is 0 Å². The zero-order valence-corrected chi connectivity index (χ0v) is 10.0. The van der Waals surface area contributed by atoms with E-state index in [0.29, 0.717) is 5.15 Å². The molecule has 2 rings (SSSR count). The van der Waals surface area contributed by atoms with Crippen molar-refractivity contribution in [2.45, 2.75) is 33.1 Å². The van der Waals surface area contributed by atoms with Gasteiger partial charge in [-0.1, -0.05) is 18.5 Å². The van der Waals surface area contributed by atoms with Crippen LogP contribution >= 0.6 is 11.6 Å². The number of rotatable bonds is 2. The predicted molar refractivity (Wildman–Crippen MR) is 62.6 cm³/mol. The Bertz CT molecular complexity index is 336. The van der Waals surface area contributed by atoms with E-state index in [4.69, 9.17) is 11.6 Å². The molecule has 0 radical (unpaired) electrons. The molecular weight excluding hydrogens is 210 g/mol. The lowest BCUT2D eigenvalue weighted by Gasteiger charge is -2.17. The first kappa shape index (κ1) is 10.7. The first-order chi connectivity index (χ1) is 7.22. The van der Waals surface area contributed by atoms with Crippen molar-refractivity contribution in [2.75, 3.05) is 18.0 Å². The van der Waals surface area contributed by atoms with E-state index in [9.17, 15) is 0 Å². The van der Waals surface area contributed by atoms with Crippen LogP contribution in [0.2, 0.25) is 5.15 Å². The van der Waals surface area contributed by atoms with E-state index in [2.05, 4.69) is 21.8 Å². The lowest BCUT2D eigenvalue weighted by Crippen LogP contribution is -2.21. The predicted octanol–water partition coefficient (Wildman–Crippen LogP) is 2.60. The first-order valence-electron chi connectivity index (χ1n) is 5.50. The Balaban J connectivity index is 2.33. The van der Waals surface area contributed by atoms with Gasteiger partial charge in [-0.25, -0.2) is 9.97 Å². The minimum atomic E-state index is 0.618. The fraction of sp³-hybridized carbons (Fsp3) is 0.636. The SMILES string of the molecule is CCc1c(C)nc(N2CCCC2)nc1Cl. The van der Waals surface area contributed by atoms with Crippen molar-refractivity contribution in [1.29, 1.82) is 0 Å². The molecule has 3 nitrogen and oxygen atoms in total. The number of aryl methyl sites for hydroxylation is 1. The fourth-order valence-corrected chi connectivity index (χ4v) is 2.35. The quantitative estimate of drug-likeness (QED) is 0.725. The van der Waals surface area contributed by atoms with Gasteiger partial charge in [-0.2, -0.15) is 0 Å². The average Bonchev–Trinajstić information content (AvgIpc) is 2.69. The normalized spacial score (nSPS) is 16.1. The van der Waals surface area contributed by atoms with Crippen LogP contribution in [0, 0.1) is 6.92 Å². The maximum Gasteiger partial charge on any atom is 0.226 e. The van der Waals surface area contributed by atoms with E-state index in [1.807, 2.05) is 6.92 Å². The number of hydrogen-bond acceptors (Lipinski definition) is 3. The highest BCUT2D eigenvalue weighted by atomic mass is 35.5. The Hall–Kier alpha value is -0.830. The Morgan fingerprint density at radius 1 is 1.27 bits per heavy atom. The lowest BCUT2D eigenvalue weighted by atomic mass is 10.2. The summed E-state index contributed by atoms with van der Waals surface area (Å²) in [5.74, 6) is 0.798. The van der Waals surface area contributed by atoms with E-state index >= 15 is 0 Å². The van der Waals surface area contributed by atoms with Crippen LogP contribution in [0.4, 0.5) is 5.95 Å². The van der Waals surface area contributed by atoms with Gasteiger partial charge in [0.1, 0.15) is 5.15 Å². The summed E-state index contributed by atoms with van der Waals surface area (Å²) in [6.45, 7) is 6.20. The highest BCUT2D eigenvalue weighted by Crippen LogP contribution is 2.22. The van der Waals surface area contributed by atoms with Gasteiger partial charge in [-0.05, 0) is 26.2 Å². The maximum absolute atomic E-state index is 6.14. The van der Waals surface area contributed by atoms with Crippen molar-refractivity contribution in [2.24, 2.45) is 0 Å². The molecule has 1 aliphatic rings. The second-order valence-electron chi connectivity index (χ2n) is 3.93. The van der Waals surface area contributed by atoms with Gasteiger partial charge in [0.2, 0.25) is 5.95 Å². The summed E-state index contributed by atoms with van der Waals surface area (Å²) in [7, 11) is 0. The zero-order chi connectivity index (χ0) is 10.8. The van der Waals surface area contributed by atoms with Crippen molar-refractivity contribution in [3.63, 3.8) is 0 Å². The topological polar surface area (TPSA) is 29.0 Å². The van der Waals surface area contributed by atoms with Crippen LogP contribution < -0.4 is 4.90 Å². The van der Waals surface area contributed by atoms with Crippen LogP contribution in [-0.4, -0.2) is 23.1 Å². The molecule has 15 heavy (non-hydrogen) atoms. The molecule has 0 saturated carbocycles. The van der Waals surface area contributed by atoms with E-state index in [1.165, 1.54) is 12.8 Å². The lowest BCUT2D eigenvalue weighted by molar-refractivity contribution is 0.874. The molecule has 82 valence electrons. The molecule has 1 aromatic rings. The molecule has 4 heteroatoms. The van der Waals surface area contributed by atoms with Gasteiger partial charge < -0.3 is 4.90 Å². The fourth-order valence-electron chi connectivity index (χ4n) is 2.01. The molecule has 0 unspecified atom stereocenters. The van der Waals surface area contributed by atoms with Crippen molar-refractivity contribution in [1.82, 2.24) is 9.97 Å². The molecule has 0 spiro atoms. The standard InChI is InChI=1S/C11H16ClN3/c1-3-9-8(2)13-11(14-10(9)12)15-6-4-5-7-15/h3-7H2,1-2H3. The largest absolute Gasteiger partial charge is 0.341 e. The monoisotopic (exact) mass is 225 g/mol. The van der Waals surface area contributed by atoms with E-state index < -0.39 is 0 Å². The van der Waals surface area contributed by atoms with Crippen LogP contribution in [0.25, 0.3) is 0 Å². The molecular formula is C11H16ClN3. The zero-order valence-electron chi connectivity index (χ0n) is 9.26. The number of halogens is 1. The van der Waals surface area contributed by atoms with Gasteiger partial charge in [-0.3, -0.25) is 0 Å². The van der Waals surface area contributed by atoms with Gasteiger partial charge in [-0.15, -0.1) is 0 Å². The summed E-state index contributed by atoms with van der Waals surface area (Å²) in [5, 5.41) is 0.618. The summed E-state index contributed by atoms with van der Waals surface area (Å²) in [5.41, 5.74) is 2.08. The van der Waals surface area contributed by atoms with Crippen LogP contribution in [-0.2, 0) is 6.42 Å². The minimum absolute atomic E-state index is 0.618. The first-order valence-corrected chi connectivity index (χ1v) is 5.88. The molecule has 0 aliphatic carbocycles.